The third-order valence-corrected chi connectivity index (χ3v) is 4.56. The first kappa shape index (κ1) is 16.8. The van der Waals surface area contributed by atoms with Gasteiger partial charge in [-0.05, 0) is 51.4 Å². The molecule has 0 heterocycles. The summed E-state index contributed by atoms with van der Waals surface area (Å²) in [5, 5.41) is 0. The summed E-state index contributed by atoms with van der Waals surface area (Å²) in [5.41, 5.74) is 2.22. The first-order valence-electron chi connectivity index (χ1n) is 7.72. The zero-order valence-corrected chi connectivity index (χ0v) is 16.4. The largest absolute Gasteiger partial charge is 0.544 e. The lowest BCUT2D eigenvalue weighted by atomic mass is 10.0. The summed E-state index contributed by atoms with van der Waals surface area (Å²) in [6, 6.07) is 16.5. The molecule has 0 aliphatic carbocycles. The monoisotopic (exact) mass is 330 g/mol. The summed E-state index contributed by atoms with van der Waals surface area (Å²) in [5.74, 6) is 1.90. The molecular weight excluding hydrogens is 304 g/mol. The van der Waals surface area contributed by atoms with E-state index in [0.717, 1.165) is 22.6 Å². The molecule has 0 amide bonds. The summed E-state index contributed by atoms with van der Waals surface area (Å²) < 4.78 is 12.5. The maximum Gasteiger partial charge on any atom is 0.242 e. The molecule has 0 fully saturated rings. The van der Waals surface area contributed by atoms with Gasteiger partial charge in [0.05, 0.1) is 0 Å². The van der Waals surface area contributed by atoms with E-state index in [4.69, 9.17) is 8.85 Å². The van der Waals surface area contributed by atoms with Gasteiger partial charge >= 0.3 is 0 Å². The van der Waals surface area contributed by atoms with Gasteiger partial charge in [0, 0.05) is 11.1 Å². The minimum absolute atomic E-state index is 0.952. The van der Waals surface area contributed by atoms with Crippen molar-refractivity contribution in [3.05, 3.63) is 48.5 Å². The van der Waals surface area contributed by atoms with Crippen molar-refractivity contribution < 1.29 is 8.85 Å². The van der Waals surface area contributed by atoms with E-state index >= 15 is 0 Å². The van der Waals surface area contributed by atoms with E-state index in [-0.39, 0.29) is 0 Å². The smallest absolute Gasteiger partial charge is 0.242 e. The van der Waals surface area contributed by atoms with Crippen LogP contribution in [0.2, 0.25) is 39.3 Å². The number of hydrogen-bond donors (Lipinski definition) is 0. The van der Waals surface area contributed by atoms with Crippen molar-refractivity contribution in [2.75, 3.05) is 0 Å². The van der Waals surface area contributed by atoms with Gasteiger partial charge < -0.3 is 8.85 Å². The topological polar surface area (TPSA) is 18.5 Å². The van der Waals surface area contributed by atoms with Gasteiger partial charge in [0.2, 0.25) is 16.6 Å². The van der Waals surface area contributed by atoms with Crippen LogP contribution in [0.25, 0.3) is 11.1 Å². The molecular formula is C18H26O2Si2. The van der Waals surface area contributed by atoms with Crippen LogP contribution in [0.3, 0.4) is 0 Å². The zero-order chi connectivity index (χ0) is 16.4. The molecule has 2 aromatic rings. The Morgan fingerprint density at radius 1 is 0.545 bits per heavy atom. The van der Waals surface area contributed by atoms with Crippen LogP contribution in [0.1, 0.15) is 0 Å². The molecule has 0 bridgehead atoms. The molecule has 0 aliphatic rings. The normalized spacial score (nSPS) is 12.1. The van der Waals surface area contributed by atoms with Crippen molar-refractivity contribution in [3.63, 3.8) is 0 Å². The highest BCUT2D eigenvalue weighted by atomic mass is 28.4. The quantitative estimate of drug-likeness (QED) is 0.647. The Balaban J connectivity index is 2.49. The predicted octanol–water partition coefficient (Wildman–Crippen LogP) is 5.78. The number of benzene rings is 2. The predicted molar refractivity (Wildman–Crippen MR) is 99.8 cm³/mol. The lowest BCUT2D eigenvalue weighted by Crippen LogP contribution is -2.30. The van der Waals surface area contributed by atoms with Crippen molar-refractivity contribution in [2.45, 2.75) is 39.3 Å². The molecule has 2 nitrogen and oxygen atoms in total. The van der Waals surface area contributed by atoms with Crippen LogP contribution in [0.5, 0.6) is 11.5 Å². The molecule has 0 N–H and O–H groups in total. The van der Waals surface area contributed by atoms with Gasteiger partial charge in [0.15, 0.2) is 0 Å². The van der Waals surface area contributed by atoms with Gasteiger partial charge in [-0.25, -0.2) is 0 Å². The van der Waals surface area contributed by atoms with Crippen LogP contribution in [0, 0.1) is 0 Å². The van der Waals surface area contributed by atoms with E-state index in [2.05, 4.69) is 75.7 Å². The molecule has 0 radical (unpaired) electrons. The maximum absolute atomic E-state index is 6.27. The second kappa shape index (κ2) is 6.30. The van der Waals surface area contributed by atoms with Crippen LogP contribution in [-0.2, 0) is 0 Å². The molecule has 0 aromatic heterocycles. The molecule has 4 heteroatoms. The van der Waals surface area contributed by atoms with E-state index < -0.39 is 16.6 Å². The Morgan fingerprint density at radius 2 is 0.864 bits per heavy atom. The molecule has 0 aliphatic heterocycles. The standard InChI is InChI=1S/C18H26O2Si2/c1-21(2,3)19-17-13-9-7-11-15(17)16-12-8-10-14-18(16)20-22(4,5)6/h7-14H,1-6H3. The van der Waals surface area contributed by atoms with Gasteiger partial charge in [-0.3, -0.25) is 0 Å². The Bertz CT molecular complexity index is 583. The van der Waals surface area contributed by atoms with Gasteiger partial charge in [-0.15, -0.1) is 0 Å². The van der Waals surface area contributed by atoms with Crippen LogP contribution < -0.4 is 8.85 Å². The number of rotatable bonds is 5. The Morgan fingerprint density at radius 3 is 1.18 bits per heavy atom. The van der Waals surface area contributed by atoms with Crippen molar-refractivity contribution in [1.29, 1.82) is 0 Å². The summed E-state index contributed by atoms with van der Waals surface area (Å²) in [4.78, 5) is 0. The van der Waals surface area contributed by atoms with E-state index in [0.29, 0.717) is 0 Å². The molecule has 22 heavy (non-hydrogen) atoms. The third-order valence-electron chi connectivity index (χ3n) is 2.90. The van der Waals surface area contributed by atoms with Gasteiger partial charge in [0.1, 0.15) is 11.5 Å². The van der Waals surface area contributed by atoms with Crippen LogP contribution >= 0.6 is 0 Å². The molecule has 0 saturated carbocycles. The highest BCUT2D eigenvalue weighted by Gasteiger charge is 2.22. The van der Waals surface area contributed by atoms with E-state index in [1.54, 1.807) is 0 Å². The Hall–Kier alpha value is -1.53. The van der Waals surface area contributed by atoms with E-state index in [1.165, 1.54) is 0 Å². The molecule has 2 rings (SSSR count). The second-order valence-corrected chi connectivity index (χ2v) is 16.3. The minimum Gasteiger partial charge on any atom is -0.544 e. The van der Waals surface area contributed by atoms with Crippen molar-refractivity contribution in [3.8, 4) is 22.6 Å². The fourth-order valence-corrected chi connectivity index (χ4v) is 3.89. The lowest BCUT2D eigenvalue weighted by Gasteiger charge is -2.25. The van der Waals surface area contributed by atoms with E-state index in [1.807, 2.05) is 12.1 Å². The van der Waals surface area contributed by atoms with Crippen LogP contribution in [0.4, 0.5) is 0 Å². The van der Waals surface area contributed by atoms with Crippen molar-refractivity contribution in [1.82, 2.24) is 0 Å². The van der Waals surface area contributed by atoms with Gasteiger partial charge in [-0.2, -0.15) is 0 Å². The molecule has 0 unspecified atom stereocenters. The molecule has 2 aromatic carbocycles. The third kappa shape index (κ3) is 4.75. The molecule has 0 atom stereocenters. The first-order chi connectivity index (χ1) is 10.2. The van der Waals surface area contributed by atoms with E-state index in [9.17, 15) is 0 Å². The van der Waals surface area contributed by atoms with Crippen LogP contribution in [0.15, 0.2) is 48.5 Å². The summed E-state index contributed by atoms with van der Waals surface area (Å²) in [7, 11) is -3.32. The van der Waals surface area contributed by atoms with Gasteiger partial charge in [-0.1, -0.05) is 36.4 Å². The molecule has 118 valence electrons. The highest BCUT2D eigenvalue weighted by Crippen LogP contribution is 2.38. The van der Waals surface area contributed by atoms with Crippen LogP contribution in [-0.4, -0.2) is 16.6 Å². The summed E-state index contributed by atoms with van der Waals surface area (Å²) in [6.45, 7) is 13.2. The van der Waals surface area contributed by atoms with Gasteiger partial charge in [0.25, 0.3) is 0 Å². The van der Waals surface area contributed by atoms with Crippen molar-refractivity contribution >= 4 is 16.6 Å². The van der Waals surface area contributed by atoms with Crippen molar-refractivity contribution in [2.24, 2.45) is 0 Å². The molecule has 0 saturated heterocycles. The fraction of sp³-hybridized carbons (Fsp3) is 0.333. The SMILES string of the molecule is C[Si](C)(C)Oc1ccccc1-c1ccccc1O[Si](C)(C)C. The Kier molecular flexibility index (Phi) is 4.82. The minimum atomic E-state index is -1.66. The zero-order valence-electron chi connectivity index (χ0n) is 14.4. The second-order valence-electron chi connectivity index (χ2n) is 7.42. The lowest BCUT2D eigenvalue weighted by molar-refractivity contribution is 0.551. The number of para-hydroxylation sites is 2. The average Bonchev–Trinajstić information content (AvgIpc) is 2.36. The average molecular weight is 331 g/mol. The summed E-state index contributed by atoms with van der Waals surface area (Å²) >= 11 is 0. The number of hydrogen-bond acceptors (Lipinski definition) is 2. The fourth-order valence-electron chi connectivity index (χ4n) is 2.22. The maximum atomic E-state index is 6.27. The first-order valence-corrected chi connectivity index (χ1v) is 14.5. The Labute approximate surface area is 136 Å². The summed E-state index contributed by atoms with van der Waals surface area (Å²) in [6.07, 6.45) is 0. The molecule has 0 spiro atoms. The highest BCUT2D eigenvalue weighted by molar-refractivity contribution is 6.70.